The van der Waals surface area contributed by atoms with Gasteiger partial charge in [0.25, 0.3) is 0 Å². The summed E-state index contributed by atoms with van der Waals surface area (Å²) < 4.78 is 5.52. The van der Waals surface area contributed by atoms with Crippen LogP contribution >= 0.6 is 11.6 Å². The normalized spacial score (nSPS) is 21.8. The lowest BCUT2D eigenvalue weighted by molar-refractivity contribution is -0.0658. The molecule has 0 radical (unpaired) electrons. The van der Waals surface area contributed by atoms with Crippen molar-refractivity contribution in [2.24, 2.45) is 5.41 Å². The van der Waals surface area contributed by atoms with Crippen molar-refractivity contribution < 1.29 is 9.84 Å². The number of aliphatic hydroxyl groups excluding tert-OH is 1. The zero-order chi connectivity index (χ0) is 12.1. The van der Waals surface area contributed by atoms with E-state index in [2.05, 4.69) is 27.7 Å². The topological polar surface area (TPSA) is 29.5 Å². The van der Waals surface area contributed by atoms with Gasteiger partial charge in [0.05, 0.1) is 11.7 Å². The van der Waals surface area contributed by atoms with Crippen molar-refractivity contribution in [1.82, 2.24) is 0 Å². The number of hydrogen-bond donors (Lipinski definition) is 1. The highest BCUT2D eigenvalue weighted by Gasteiger charge is 2.38. The molecule has 3 atom stereocenters. The standard InChI is InChI=1S/C12H25ClO2/c1-6-11(3,10(14)8-13)9-12(4,7-2)15-5/h10,14H,6-9H2,1-5H3/t10-,11?,12?/m1/s1. The van der Waals surface area contributed by atoms with Gasteiger partial charge in [-0.25, -0.2) is 0 Å². The second-order valence-electron chi connectivity index (χ2n) is 4.86. The summed E-state index contributed by atoms with van der Waals surface area (Å²) in [6.07, 6.45) is 2.20. The van der Waals surface area contributed by atoms with Crippen molar-refractivity contribution in [1.29, 1.82) is 0 Å². The van der Waals surface area contributed by atoms with Gasteiger partial charge in [-0.1, -0.05) is 20.8 Å². The van der Waals surface area contributed by atoms with Crippen molar-refractivity contribution in [3.63, 3.8) is 0 Å². The fourth-order valence-electron chi connectivity index (χ4n) is 1.86. The molecule has 0 amide bonds. The van der Waals surface area contributed by atoms with Crippen LogP contribution in [0, 0.1) is 5.41 Å². The Kier molecular flexibility index (Phi) is 6.16. The van der Waals surface area contributed by atoms with Gasteiger partial charge in [-0.05, 0) is 31.6 Å². The van der Waals surface area contributed by atoms with Crippen molar-refractivity contribution >= 4 is 11.6 Å². The molecule has 15 heavy (non-hydrogen) atoms. The molecule has 0 saturated carbocycles. The van der Waals surface area contributed by atoms with Gasteiger partial charge in [-0.2, -0.15) is 0 Å². The number of alkyl halides is 1. The van der Waals surface area contributed by atoms with Crippen LogP contribution in [0.4, 0.5) is 0 Å². The Morgan fingerprint density at radius 3 is 2.07 bits per heavy atom. The maximum atomic E-state index is 9.94. The summed E-state index contributed by atoms with van der Waals surface area (Å²) in [5.74, 6) is 0.286. The summed E-state index contributed by atoms with van der Waals surface area (Å²) in [6.45, 7) is 8.35. The molecule has 0 rings (SSSR count). The Balaban J connectivity index is 4.68. The van der Waals surface area contributed by atoms with Gasteiger partial charge < -0.3 is 9.84 Å². The molecule has 0 aromatic carbocycles. The van der Waals surface area contributed by atoms with Crippen LogP contribution in [-0.4, -0.2) is 29.8 Å². The molecule has 2 unspecified atom stereocenters. The SMILES string of the molecule is CCC(C)(CC(C)(CC)[C@H](O)CCl)OC. The molecule has 92 valence electrons. The van der Waals surface area contributed by atoms with Gasteiger partial charge in [-0.15, -0.1) is 11.6 Å². The first-order chi connectivity index (χ1) is 6.87. The van der Waals surface area contributed by atoms with Gasteiger partial charge in [0.15, 0.2) is 0 Å². The average Bonchev–Trinajstić information content (AvgIpc) is 2.27. The summed E-state index contributed by atoms with van der Waals surface area (Å²) in [5, 5.41) is 9.94. The third-order valence-corrected chi connectivity index (χ3v) is 4.07. The number of ether oxygens (including phenoxy) is 1. The third-order valence-electron chi connectivity index (χ3n) is 3.78. The minimum absolute atomic E-state index is 0.164. The fraction of sp³-hybridized carbons (Fsp3) is 1.00. The Hall–Kier alpha value is 0.210. The zero-order valence-electron chi connectivity index (χ0n) is 10.6. The van der Waals surface area contributed by atoms with E-state index in [-0.39, 0.29) is 16.9 Å². The summed E-state index contributed by atoms with van der Waals surface area (Å²) >= 11 is 5.74. The van der Waals surface area contributed by atoms with Crippen LogP contribution in [0.15, 0.2) is 0 Å². The van der Waals surface area contributed by atoms with E-state index < -0.39 is 6.10 Å². The monoisotopic (exact) mass is 236 g/mol. The number of rotatable bonds is 7. The molecular formula is C12H25ClO2. The van der Waals surface area contributed by atoms with Crippen molar-refractivity contribution in [2.75, 3.05) is 13.0 Å². The van der Waals surface area contributed by atoms with E-state index in [4.69, 9.17) is 16.3 Å². The molecule has 3 heteroatoms. The number of hydrogen-bond acceptors (Lipinski definition) is 2. The van der Waals surface area contributed by atoms with Crippen LogP contribution in [-0.2, 0) is 4.74 Å². The highest BCUT2D eigenvalue weighted by atomic mass is 35.5. The Morgan fingerprint density at radius 1 is 1.27 bits per heavy atom. The van der Waals surface area contributed by atoms with E-state index in [0.29, 0.717) is 0 Å². The van der Waals surface area contributed by atoms with Crippen molar-refractivity contribution in [3.8, 4) is 0 Å². The first-order valence-corrected chi connectivity index (χ1v) is 6.20. The number of methoxy groups -OCH3 is 1. The van der Waals surface area contributed by atoms with E-state index in [1.54, 1.807) is 7.11 Å². The van der Waals surface area contributed by atoms with E-state index >= 15 is 0 Å². The minimum Gasteiger partial charge on any atom is -0.391 e. The zero-order valence-corrected chi connectivity index (χ0v) is 11.4. The molecule has 0 fully saturated rings. The van der Waals surface area contributed by atoms with Gasteiger partial charge in [-0.3, -0.25) is 0 Å². The summed E-state index contributed by atoms with van der Waals surface area (Å²) in [7, 11) is 1.73. The lowest BCUT2D eigenvalue weighted by Gasteiger charge is -2.40. The van der Waals surface area contributed by atoms with Crippen LogP contribution in [0.3, 0.4) is 0 Å². The second kappa shape index (κ2) is 6.07. The molecule has 1 N–H and O–H groups in total. The molecule has 0 bridgehead atoms. The molecular weight excluding hydrogens is 212 g/mol. The minimum atomic E-state index is -0.467. The second-order valence-corrected chi connectivity index (χ2v) is 5.17. The largest absolute Gasteiger partial charge is 0.391 e. The molecule has 0 aromatic rings. The number of aliphatic hydroxyl groups is 1. The van der Waals surface area contributed by atoms with Gasteiger partial charge in [0.1, 0.15) is 0 Å². The Bertz CT molecular complexity index is 180. The Morgan fingerprint density at radius 2 is 1.80 bits per heavy atom. The smallest absolute Gasteiger partial charge is 0.0729 e. The van der Waals surface area contributed by atoms with E-state index in [1.165, 1.54) is 0 Å². The first kappa shape index (κ1) is 15.2. The molecule has 0 heterocycles. The maximum absolute atomic E-state index is 9.94. The summed E-state index contributed by atoms with van der Waals surface area (Å²) in [4.78, 5) is 0. The molecule has 0 aliphatic carbocycles. The molecule has 2 nitrogen and oxygen atoms in total. The van der Waals surface area contributed by atoms with E-state index in [0.717, 1.165) is 19.3 Å². The molecule has 0 aliphatic heterocycles. The Labute approximate surface area is 99.0 Å². The highest BCUT2D eigenvalue weighted by molar-refractivity contribution is 6.18. The van der Waals surface area contributed by atoms with E-state index in [9.17, 15) is 5.11 Å². The maximum Gasteiger partial charge on any atom is 0.0729 e. The number of halogens is 1. The predicted molar refractivity (Wildman–Crippen MR) is 65.4 cm³/mol. The van der Waals surface area contributed by atoms with Crippen LogP contribution in [0.1, 0.15) is 47.0 Å². The van der Waals surface area contributed by atoms with Crippen molar-refractivity contribution in [3.05, 3.63) is 0 Å². The fourth-order valence-corrected chi connectivity index (χ4v) is 2.23. The summed E-state index contributed by atoms with van der Waals surface area (Å²) in [6, 6.07) is 0. The molecule has 0 saturated heterocycles. The van der Waals surface area contributed by atoms with E-state index in [1.807, 2.05) is 0 Å². The van der Waals surface area contributed by atoms with Crippen LogP contribution < -0.4 is 0 Å². The van der Waals surface area contributed by atoms with Gasteiger partial charge in [0.2, 0.25) is 0 Å². The quantitative estimate of drug-likeness (QED) is 0.688. The van der Waals surface area contributed by atoms with Gasteiger partial charge in [0, 0.05) is 13.0 Å². The first-order valence-electron chi connectivity index (χ1n) is 5.66. The molecule has 0 aliphatic rings. The van der Waals surface area contributed by atoms with Crippen LogP contribution in [0.25, 0.3) is 0 Å². The van der Waals surface area contributed by atoms with Crippen molar-refractivity contribution in [2.45, 2.75) is 58.7 Å². The lowest BCUT2D eigenvalue weighted by atomic mass is 9.73. The lowest BCUT2D eigenvalue weighted by Crippen LogP contribution is -2.41. The predicted octanol–water partition coefficient (Wildman–Crippen LogP) is 3.21. The summed E-state index contributed by atoms with van der Waals surface area (Å²) in [5.41, 5.74) is -0.333. The van der Waals surface area contributed by atoms with Crippen LogP contribution in [0.5, 0.6) is 0 Å². The molecule has 0 spiro atoms. The highest BCUT2D eigenvalue weighted by Crippen LogP contribution is 2.38. The van der Waals surface area contributed by atoms with Crippen LogP contribution in [0.2, 0.25) is 0 Å². The average molecular weight is 237 g/mol. The molecule has 0 aromatic heterocycles. The third kappa shape index (κ3) is 3.93. The van der Waals surface area contributed by atoms with Gasteiger partial charge >= 0.3 is 0 Å².